The van der Waals surface area contributed by atoms with E-state index in [-0.39, 0.29) is 12.0 Å². The van der Waals surface area contributed by atoms with Crippen molar-refractivity contribution in [1.82, 2.24) is 4.98 Å². The van der Waals surface area contributed by atoms with Gasteiger partial charge in [-0.15, -0.1) is 0 Å². The third-order valence-electron chi connectivity index (χ3n) is 4.98. The topological polar surface area (TPSA) is 42.4 Å². The second-order valence-electron chi connectivity index (χ2n) is 6.96. The summed E-state index contributed by atoms with van der Waals surface area (Å²) in [6, 6.07) is 11.9. The number of carbonyl (C=O) groups is 1. The zero-order chi connectivity index (χ0) is 19.0. The number of amides is 1. The van der Waals surface area contributed by atoms with Crippen LogP contribution in [0.5, 0.6) is 0 Å². The number of fused-ring (bicyclic) bond motifs is 1. The van der Waals surface area contributed by atoms with Crippen molar-refractivity contribution >= 4 is 48.5 Å². The van der Waals surface area contributed by atoms with Crippen molar-refractivity contribution in [3.8, 4) is 0 Å². The van der Waals surface area contributed by atoms with Crippen LogP contribution in [0.25, 0.3) is 10.2 Å². The molecule has 1 amide bonds. The molecule has 0 N–H and O–H groups in total. The fourth-order valence-electron chi connectivity index (χ4n) is 3.27. The van der Waals surface area contributed by atoms with E-state index in [0.717, 1.165) is 44.8 Å². The Morgan fingerprint density at radius 1 is 1.26 bits per heavy atom. The summed E-state index contributed by atoms with van der Waals surface area (Å²) in [7, 11) is 0. The Balaban J connectivity index is 1.72. The molecule has 3 aromatic rings. The fraction of sp³-hybridized carbons (Fsp3) is 0.333. The van der Waals surface area contributed by atoms with Crippen LogP contribution in [0, 0.1) is 13.8 Å². The maximum Gasteiger partial charge on any atom is 0.260 e. The minimum atomic E-state index is -0.0216. The molecule has 6 heteroatoms. The minimum absolute atomic E-state index is 0.0216. The van der Waals surface area contributed by atoms with Gasteiger partial charge in [-0.1, -0.05) is 33.3 Å². The number of aryl methyl sites for hydroxylation is 2. The van der Waals surface area contributed by atoms with Crippen LogP contribution in [-0.4, -0.2) is 30.1 Å². The lowest BCUT2D eigenvalue weighted by atomic mass is 10.1. The maximum atomic E-state index is 13.4. The first kappa shape index (κ1) is 18.6. The normalized spacial score (nSPS) is 16.8. The molecule has 1 aliphatic heterocycles. The van der Waals surface area contributed by atoms with Gasteiger partial charge in [0, 0.05) is 16.6 Å². The molecule has 1 unspecified atom stereocenters. The molecule has 1 saturated heterocycles. The van der Waals surface area contributed by atoms with Crippen molar-refractivity contribution in [2.45, 2.75) is 32.8 Å². The fourth-order valence-corrected chi connectivity index (χ4v) is 4.80. The number of hydrogen-bond donors (Lipinski definition) is 0. The predicted molar refractivity (Wildman–Crippen MR) is 114 cm³/mol. The SMILES string of the molecule is Cc1ccc(C(=O)N(CC2CCCO2)c2nc3ccc(Br)cc3s2)cc1C. The highest BCUT2D eigenvalue weighted by atomic mass is 79.9. The van der Waals surface area contributed by atoms with Crippen molar-refractivity contribution < 1.29 is 9.53 Å². The third-order valence-corrected chi connectivity index (χ3v) is 6.51. The average molecular weight is 445 g/mol. The van der Waals surface area contributed by atoms with Gasteiger partial charge in [-0.05, 0) is 68.1 Å². The summed E-state index contributed by atoms with van der Waals surface area (Å²) in [5.74, 6) is -0.0216. The molecule has 1 atom stereocenters. The van der Waals surface area contributed by atoms with E-state index >= 15 is 0 Å². The van der Waals surface area contributed by atoms with E-state index in [0.29, 0.717) is 12.1 Å². The van der Waals surface area contributed by atoms with Crippen LogP contribution in [-0.2, 0) is 4.74 Å². The number of rotatable bonds is 4. The molecule has 0 bridgehead atoms. The number of benzene rings is 2. The zero-order valence-electron chi connectivity index (χ0n) is 15.4. The lowest BCUT2D eigenvalue weighted by Gasteiger charge is -2.23. The third kappa shape index (κ3) is 3.93. The molecule has 2 aromatic carbocycles. The smallest absolute Gasteiger partial charge is 0.260 e. The number of carbonyl (C=O) groups excluding carboxylic acids is 1. The number of anilines is 1. The van der Waals surface area contributed by atoms with E-state index in [1.54, 1.807) is 16.2 Å². The second kappa shape index (κ2) is 7.70. The Morgan fingerprint density at radius 2 is 2.11 bits per heavy atom. The molecule has 140 valence electrons. The van der Waals surface area contributed by atoms with Crippen molar-refractivity contribution in [2.75, 3.05) is 18.1 Å². The van der Waals surface area contributed by atoms with Gasteiger partial charge < -0.3 is 4.74 Å². The van der Waals surface area contributed by atoms with Gasteiger partial charge in [0.05, 0.1) is 22.9 Å². The van der Waals surface area contributed by atoms with Crippen LogP contribution in [0.4, 0.5) is 5.13 Å². The highest BCUT2D eigenvalue weighted by Crippen LogP contribution is 2.32. The lowest BCUT2D eigenvalue weighted by molar-refractivity contribution is 0.0917. The van der Waals surface area contributed by atoms with E-state index in [9.17, 15) is 4.79 Å². The molecule has 0 saturated carbocycles. The quantitative estimate of drug-likeness (QED) is 0.533. The highest BCUT2D eigenvalue weighted by molar-refractivity contribution is 9.10. The van der Waals surface area contributed by atoms with E-state index in [1.165, 1.54) is 5.56 Å². The highest BCUT2D eigenvalue weighted by Gasteiger charge is 2.27. The minimum Gasteiger partial charge on any atom is -0.376 e. The number of hydrogen-bond acceptors (Lipinski definition) is 4. The number of thiazole rings is 1. The Labute approximate surface area is 171 Å². The monoisotopic (exact) mass is 444 g/mol. The van der Waals surface area contributed by atoms with Crippen molar-refractivity contribution in [3.63, 3.8) is 0 Å². The molecule has 0 spiro atoms. The molecule has 1 aromatic heterocycles. The number of halogens is 1. The van der Waals surface area contributed by atoms with Gasteiger partial charge in [-0.2, -0.15) is 0 Å². The van der Waals surface area contributed by atoms with E-state index in [2.05, 4.69) is 22.9 Å². The van der Waals surface area contributed by atoms with Gasteiger partial charge in [0.1, 0.15) is 0 Å². The van der Waals surface area contributed by atoms with Gasteiger partial charge >= 0.3 is 0 Å². The van der Waals surface area contributed by atoms with Crippen LogP contribution in [0.15, 0.2) is 40.9 Å². The molecular formula is C21H21BrN2O2S. The molecule has 27 heavy (non-hydrogen) atoms. The summed E-state index contributed by atoms with van der Waals surface area (Å²) in [5.41, 5.74) is 3.90. The second-order valence-corrected chi connectivity index (χ2v) is 8.88. The first-order valence-electron chi connectivity index (χ1n) is 9.08. The van der Waals surface area contributed by atoms with Gasteiger partial charge in [-0.3, -0.25) is 9.69 Å². The van der Waals surface area contributed by atoms with E-state index < -0.39 is 0 Å². The molecule has 2 heterocycles. The molecule has 0 aliphatic carbocycles. The summed E-state index contributed by atoms with van der Waals surface area (Å²) in [4.78, 5) is 19.9. The summed E-state index contributed by atoms with van der Waals surface area (Å²) >= 11 is 5.05. The number of aromatic nitrogens is 1. The van der Waals surface area contributed by atoms with Crippen LogP contribution in [0.2, 0.25) is 0 Å². The van der Waals surface area contributed by atoms with Crippen LogP contribution in [0.1, 0.15) is 34.3 Å². The maximum absolute atomic E-state index is 13.4. The molecular weight excluding hydrogens is 424 g/mol. The Kier molecular flexibility index (Phi) is 5.30. The molecule has 0 radical (unpaired) electrons. The number of nitrogens with zero attached hydrogens (tertiary/aromatic N) is 2. The summed E-state index contributed by atoms with van der Waals surface area (Å²) < 4.78 is 7.87. The number of ether oxygens (including phenoxy) is 1. The standard InChI is InChI=1S/C21H21BrN2O2S/c1-13-5-6-15(10-14(13)2)20(25)24(12-17-4-3-9-26-17)21-23-18-8-7-16(22)11-19(18)27-21/h5-8,10-11,17H,3-4,9,12H2,1-2H3. The van der Waals surface area contributed by atoms with Crippen molar-refractivity contribution in [1.29, 1.82) is 0 Å². The van der Waals surface area contributed by atoms with Gasteiger partial charge in [0.25, 0.3) is 5.91 Å². The van der Waals surface area contributed by atoms with Crippen molar-refractivity contribution in [2.24, 2.45) is 0 Å². The van der Waals surface area contributed by atoms with Gasteiger partial charge in [0.2, 0.25) is 0 Å². The van der Waals surface area contributed by atoms with Gasteiger partial charge in [0.15, 0.2) is 5.13 Å². The molecule has 4 nitrogen and oxygen atoms in total. The Hall–Kier alpha value is -1.76. The lowest BCUT2D eigenvalue weighted by Crippen LogP contribution is -2.37. The molecule has 1 fully saturated rings. The first-order chi connectivity index (χ1) is 13.0. The average Bonchev–Trinajstić information content (AvgIpc) is 3.30. The van der Waals surface area contributed by atoms with Crippen molar-refractivity contribution in [3.05, 3.63) is 57.6 Å². The Bertz CT molecular complexity index is 995. The van der Waals surface area contributed by atoms with Crippen LogP contribution in [0.3, 0.4) is 0 Å². The predicted octanol–water partition coefficient (Wildman–Crippen LogP) is 5.50. The zero-order valence-corrected chi connectivity index (χ0v) is 17.8. The Morgan fingerprint density at radius 3 is 2.85 bits per heavy atom. The first-order valence-corrected chi connectivity index (χ1v) is 10.7. The van der Waals surface area contributed by atoms with E-state index in [1.807, 2.05) is 43.3 Å². The summed E-state index contributed by atoms with van der Waals surface area (Å²) in [6.07, 6.45) is 2.09. The van der Waals surface area contributed by atoms with Gasteiger partial charge in [-0.25, -0.2) is 4.98 Å². The molecule has 1 aliphatic rings. The summed E-state index contributed by atoms with van der Waals surface area (Å²) in [6.45, 7) is 5.39. The van der Waals surface area contributed by atoms with Crippen LogP contribution >= 0.6 is 27.3 Å². The van der Waals surface area contributed by atoms with E-state index in [4.69, 9.17) is 9.72 Å². The van der Waals surface area contributed by atoms with Crippen LogP contribution < -0.4 is 4.90 Å². The summed E-state index contributed by atoms with van der Waals surface area (Å²) in [5, 5.41) is 0.724. The largest absolute Gasteiger partial charge is 0.376 e. The molecule has 4 rings (SSSR count).